The fourth-order valence-electron chi connectivity index (χ4n) is 4.97. The van der Waals surface area contributed by atoms with Gasteiger partial charge in [0.1, 0.15) is 0 Å². The zero-order valence-electron chi connectivity index (χ0n) is 17.5. The fraction of sp³-hybridized carbons (Fsp3) is 0.440. The molecule has 0 saturated carbocycles. The number of aryl methyl sites for hydroxylation is 2. The molecule has 0 unspecified atom stereocenters. The van der Waals surface area contributed by atoms with E-state index >= 15 is 0 Å². The number of rotatable bonds is 4. The van der Waals surface area contributed by atoms with Crippen LogP contribution in [0.15, 0.2) is 42.7 Å². The van der Waals surface area contributed by atoms with Gasteiger partial charge in [-0.2, -0.15) is 0 Å². The monoisotopic (exact) mass is 402 g/mol. The average Bonchev–Trinajstić information content (AvgIpc) is 2.95. The third kappa shape index (κ3) is 4.12. The summed E-state index contributed by atoms with van der Waals surface area (Å²) in [4.78, 5) is 23.1. The summed E-state index contributed by atoms with van der Waals surface area (Å²) >= 11 is 0. The summed E-state index contributed by atoms with van der Waals surface area (Å²) in [7, 11) is 0. The van der Waals surface area contributed by atoms with Crippen molar-refractivity contribution >= 4 is 16.8 Å². The first-order valence-corrected chi connectivity index (χ1v) is 11.3. The highest BCUT2D eigenvalue weighted by molar-refractivity contribution is 5.99. The molecule has 0 radical (unpaired) electrons. The van der Waals surface area contributed by atoms with Gasteiger partial charge in [0, 0.05) is 60.2 Å². The van der Waals surface area contributed by atoms with Gasteiger partial charge in [0.05, 0.1) is 0 Å². The number of carbonyl (C=O) groups is 1. The van der Waals surface area contributed by atoms with Crippen LogP contribution in [0.2, 0.25) is 0 Å². The largest absolute Gasteiger partial charge is 0.358 e. The molecule has 2 aliphatic rings. The van der Waals surface area contributed by atoms with Crippen molar-refractivity contribution in [2.45, 2.75) is 57.5 Å². The SMILES string of the molecule is O=C(NC1CCN(Cc2ccncc2)CC1)c1ccc2[nH]c3c(c2c1)CCCCC3. The first-order valence-electron chi connectivity index (χ1n) is 11.3. The summed E-state index contributed by atoms with van der Waals surface area (Å²) < 4.78 is 0. The van der Waals surface area contributed by atoms with Gasteiger partial charge in [-0.15, -0.1) is 0 Å². The normalized spacial score (nSPS) is 18.1. The van der Waals surface area contributed by atoms with Gasteiger partial charge in [-0.05, 0) is 80.0 Å². The van der Waals surface area contributed by atoms with E-state index < -0.39 is 0 Å². The zero-order chi connectivity index (χ0) is 20.3. The molecule has 5 rings (SSSR count). The molecule has 1 fully saturated rings. The number of fused-ring (bicyclic) bond motifs is 3. The van der Waals surface area contributed by atoms with E-state index in [-0.39, 0.29) is 11.9 Å². The lowest BCUT2D eigenvalue weighted by atomic mass is 10.0. The van der Waals surface area contributed by atoms with Crippen LogP contribution in [0.4, 0.5) is 0 Å². The molecule has 0 atom stereocenters. The third-order valence-corrected chi connectivity index (χ3v) is 6.69. The van der Waals surface area contributed by atoms with E-state index in [0.717, 1.165) is 50.9 Å². The summed E-state index contributed by atoms with van der Waals surface area (Å²) in [6.07, 6.45) is 11.7. The molecule has 1 saturated heterocycles. The molecule has 0 spiro atoms. The van der Waals surface area contributed by atoms with Crippen molar-refractivity contribution in [3.05, 3.63) is 65.1 Å². The van der Waals surface area contributed by atoms with Crippen LogP contribution < -0.4 is 5.32 Å². The van der Waals surface area contributed by atoms with Gasteiger partial charge in [0.2, 0.25) is 0 Å². The maximum Gasteiger partial charge on any atom is 0.251 e. The minimum absolute atomic E-state index is 0.0630. The summed E-state index contributed by atoms with van der Waals surface area (Å²) in [5, 5.41) is 4.53. The summed E-state index contributed by atoms with van der Waals surface area (Å²) in [6, 6.07) is 10.6. The van der Waals surface area contributed by atoms with Crippen molar-refractivity contribution in [2.75, 3.05) is 13.1 Å². The molecule has 2 N–H and O–H groups in total. The smallest absolute Gasteiger partial charge is 0.251 e. The maximum absolute atomic E-state index is 12.9. The topological polar surface area (TPSA) is 61.0 Å². The Hall–Kier alpha value is -2.66. The number of carbonyl (C=O) groups excluding carboxylic acids is 1. The lowest BCUT2D eigenvalue weighted by Crippen LogP contribution is -2.44. The Balaban J connectivity index is 1.21. The predicted octanol–water partition coefficient (Wildman–Crippen LogP) is 4.23. The Kier molecular flexibility index (Phi) is 5.54. The van der Waals surface area contributed by atoms with E-state index in [1.165, 1.54) is 47.0 Å². The van der Waals surface area contributed by atoms with Crippen molar-refractivity contribution in [3.8, 4) is 0 Å². The number of benzene rings is 1. The molecule has 1 aliphatic heterocycles. The lowest BCUT2D eigenvalue weighted by molar-refractivity contribution is 0.0909. The first-order chi connectivity index (χ1) is 14.8. The molecule has 1 amide bonds. The molecule has 0 bridgehead atoms. The van der Waals surface area contributed by atoms with Crippen molar-refractivity contribution in [3.63, 3.8) is 0 Å². The Morgan fingerprint density at radius 3 is 2.70 bits per heavy atom. The molecule has 2 aromatic heterocycles. The van der Waals surface area contributed by atoms with Crippen LogP contribution in [0.1, 0.15) is 59.3 Å². The molecule has 3 aromatic rings. The van der Waals surface area contributed by atoms with E-state index in [0.29, 0.717) is 0 Å². The molecule has 3 heterocycles. The second-order valence-corrected chi connectivity index (χ2v) is 8.78. The highest BCUT2D eigenvalue weighted by atomic mass is 16.1. The first kappa shape index (κ1) is 19.3. The lowest BCUT2D eigenvalue weighted by Gasteiger charge is -2.32. The summed E-state index contributed by atoms with van der Waals surface area (Å²) in [5.41, 5.74) is 6.06. The number of aromatic amines is 1. The summed E-state index contributed by atoms with van der Waals surface area (Å²) in [5.74, 6) is 0.0630. The average molecular weight is 403 g/mol. The Morgan fingerprint density at radius 1 is 1.07 bits per heavy atom. The van der Waals surface area contributed by atoms with E-state index in [9.17, 15) is 4.79 Å². The van der Waals surface area contributed by atoms with Gasteiger partial charge in [0.15, 0.2) is 0 Å². The third-order valence-electron chi connectivity index (χ3n) is 6.69. The van der Waals surface area contributed by atoms with Crippen molar-refractivity contribution in [2.24, 2.45) is 0 Å². The van der Waals surface area contributed by atoms with Crippen LogP contribution in [0, 0.1) is 0 Å². The standard InChI is InChI=1S/C25H30N4O/c30-25(27-20-10-14-29(15-11-20)17-18-8-12-26-13-9-18)19-6-7-24-22(16-19)21-4-2-1-3-5-23(21)28-24/h6-9,12-13,16,20,28H,1-5,10-11,14-15,17H2,(H,27,30). The molecule has 156 valence electrons. The van der Waals surface area contributed by atoms with Crippen molar-refractivity contribution in [1.29, 1.82) is 0 Å². The van der Waals surface area contributed by atoms with Crippen LogP contribution in [0.3, 0.4) is 0 Å². The minimum Gasteiger partial charge on any atom is -0.358 e. The van der Waals surface area contributed by atoms with Crippen LogP contribution in [-0.2, 0) is 19.4 Å². The molecule has 30 heavy (non-hydrogen) atoms. The van der Waals surface area contributed by atoms with Gasteiger partial charge in [-0.1, -0.05) is 6.42 Å². The van der Waals surface area contributed by atoms with E-state index in [2.05, 4.69) is 44.5 Å². The van der Waals surface area contributed by atoms with Gasteiger partial charge in [-0.25, -0.2) is 0 Å². The number of aromatic nitrogens is 2. The predicted molar refractivity (Wildman–Crippen MR) is 120 cm³/mol. The quantitative estimate of drug-likeness (QED) is 0.642. The highest BCUT2D eigenvalue weighted by Crippen LogP contribution is 2.29. The second-order valence-electron chi connectivity index (χ2n) is 8.78. The van der Waals surface area contributed by atoms with Gasteiger partial charge < -0.3 is 10.3 Å². The zero-order valence-corrected chi connectivity index (χ0v) is 17.5. The minimum atomic E-state index is 0.0630. The number of hydrogen-bond acceptors (Lipinski definition) is 3. The highest BCUT2D eigenvalue weighted by Gasteiger charge is 2.22. The maximum atomic E-state index is 12.9. The van der Waals surface area contributed by atoms with Crippen LogP contribution in [0.5, 0.6) is 0 Å². The van der Waals surface area contributed by atoms with Crippen LogP contribution in [0.25, 0.3) is 10.9 Å². The van der Waals surface area contributed by atoms with E-state index in [1.54, 1.807) is 0 Å². The number of pyridine rings is 1. The number of nitrogens with one attached hydrogen (secondary N) is 2. The van der Waals surface area contributed by atoms with Gasteiger partial charge in [0.25, 0.3) is 5.91 Å². The summed E-state index contributed by atoms with van der Waals surface area (Å²) in [6.45, 7) is 2.98. The molecular weight excluding hydrogens is 372 g/mol. The van der Waals surface area contributed by atoms with Gasteiger partial charge >= 0.3 is 0 Å². The molecular formula is C25H30N4O. The molecule has 5 nitrogen and oxygen atoms in total. The molecule has 1 aliphatic carbocycles. The van der Waals surface area contributed by atoms with Crippen LogP contribution in [-0.4, -0.2) is 39.9 Å². The Morgan fingerprint density at radius 2 is 1.87 bits per heavy atom. The number of nitrogens with zero attached hydrogens (tertiary/aromatic N) is 2. The van der Waals surface area contributed by atoms with Crippen molar-refractivity contribution in [1.82, 2.24) is 20.2 Å². The number of piperidine rings is 1. The fourth-order valence-corrected chi connectivity index (χ4v) is 4.97. The number of likely N-dealkylation sites (tertiary alicyclic amines) is 1. The Labute approximate surface area is 177 Å². The Bertz CT molecular complexity index is 1020. The number of H-pyrrole nitrogens is 1. The number of amides is 1. The van der Waals surface area contributed by atoms with Crippen LogP contribution >= 0.6 is 0 Å². The van der Waals surface area contributed by atoms with Crippen molar-refractivity contribution < 1.29 is 4.79 Å². The molecule has 1 aromatic carbocycles. The van der Waals surface area contributed by atoms with E-state index in [1.807, 2.05) is 18.5 Å². The number of hydrogen-bond donors (Lipinski definition) is 2. The second kappa shape index (κ2) is 8.60. The van der Waals surface area contributed by atoms with E-state index in [4.69, 9.17) is 0 Å². The molecule has 5 heteroatoms. The van der Waals surface area contributed by atoms with Gasteiger partial charge in [-0.3, -0.25) is 14.7 Å².